The quantitative estimate of drug-likeness (QED) is 0.540. The van der Waals surface area contributed by atoms with E-state index in [1.54, 1.807) is 0 Å². The normalized spacial score (nSPS) is 51.8. The van der Waals surface area contributed by atoms with E-state index in [1.807, 2.05) is 0 Å². The van der Waals surface area contributed by atoms with Crippen LogP contribution >= 0.6 is 0 Å². The molecule has 5 rings (SSSR count). The molecule has 3 nitrogen and oxygen atoms in total. The zero-order chi connectivity index (χ0) is 13.3. The van der Waals surface area contributed by atoms with Crippen molar-refractivity contribution in [3.05, 3.63) is 12.2 Å². The summed E-state index contributed by atoms with van der Waals surface area (Å²) >= 11 is 0. The number of nitrogens with zero attached hydrogens (tertiary/aromatic N) is 1. The molecule has 7 unspecified atom stereocenters. The Hall–Kier alpha value is -0.830. The van der Waals surface area contributed by atoms with Crippen molar-refractivity contribution in [3.8, 4) is 0 Å². The second kappa shape index (κ2) is 4.09. The SMILES string of the molecule is O=C(C1CC2CC1C1C3C=CC(C3)C21)N1CCOCC1. The van der Waals surface area contributed by atoms with Gasteiger partial charge in [-0.1, -0.05) is 12.2 Å². The average Bonchev–Trinajstić information content (AvgIpc) is 3.24. The molecule has 20 heavy (non-hydrogen) atoms. The molecule has 0 aromatic carbocycles. The number of allylic oxidation sites excluding steroid dienone is 2. The van der Waals surface area contributed by atoms with Crippen LogP contribution in [-0.4, -0.2) is 37.1 Å². The molecule has 0 spiro atoms. The van der Waals surface area contributed by atoms with Crippen molar-refractivity contribution >= 4 is 5.91 Å². The Labute approximate surface area is 120 Å². The predicted molar refractivity (Wildman–Crippen MR) is 74.8 cm³/mol. The highest BCUT2D eigenvalue weighted by Gasteiger charge is 2.62. The van der Waals surface area contributed by atoms with Crippen molar-refractivity contribution in [1.29, 1.82) is 0 Å². The van der Waals surface area contributed by atoms with Gasteiger partial charge in [-0.2, -0.15) is 0 Å². The van der Waals surface area contributed by atoms with Crippen LogP contribution in [0, 0.1) is 41.4 Å². The molecule has 5 aliphatic rings. The molecule has 108 valence electrons. The summed E-state index contributed by atoms with van der Waals surface area (Å²) in [5.74, 6) is 5.78. The standard InChI is InChI=1S/C17H23NO2/c19-17(18-3-5-20-6-4-18)14-9-12-8-13(14)16-11-2-1-10(7-11)15(12)16/h1-2,10-16H,3-9H2. The number of fused-ring (bicyclic) bond motifs is 9. The third kappa shape index (κ3) is 1.42. The maximum absolute atomic E-state index is 12.8. The number of morpholine rings is 1. The van der Waals surface area contributed by atoms with E-state index in [2.05, 4.69) is 17.1 Å². The highest BCUT2D eigenvalue weighted by atomic mass is 16.5. The van der Waals surface area contributed by atoms with Crippen molar-refractivity contribution in [2.45, 2.75) is 19.3 Å². The van der Waals surface area contributed by atoms with Gasteiger partial charge < -0.3 is 9.64 Å². The van der Waals surface area contributed by atoms with E-state index < -0.39 is 0 Å². The van der Waals surface area contributed by atoms with E-state index in [-0.39, 0.29) is 0 Å². The van der Waals surface area contributed by atoms with Crippen molar-refractivity contribution in [2.75, 3.05) is 26.3 Å². The van der Waals surface area contributed by atoms with Gasteiger partial charge in [-0.3, -0.25) is 4.79 Å². The Morgan fingerprint density at radius 3 is 2.55 bits per heavy atom. The van der Waals surface area contributed by atoms with Gasteiger partial charge in [-0.15, -0.1) is 0 Å². The average molecular weight is 273 g/mol. The monoisotopic (exact) mass is 273 g/mol. The first-order chi connectivity index (χ1) is 9.83. The Morgan fingerprint density at radius 2 is 1.75 bits per heavy atom. The maximum Gasteiger partial charge on any atom is 0.226 e. The minimum absolute atomic E-state index is 0.340. The lowest BCUT2D eigenvalue weighted by atomic mass is 9.69. The molecule has 0 N–H and O–H groups in total. The fourth-order valence-corrected chi connectivity index (χ4v) is 6.32. The number of amides is 1. The second-order valence-electron chi connectivity index (χ2n) is 7.54. The minimum Gasteiger partial charge on any atom is -0.378 e. The molecule has 4 fully saturated rings. The molecule has 1 amide bonds. The number of hydrogen-bond acceptors (Lipinski definition) is 2. The summed E-state index contributed by atoms with van der Waals surface area (Å²) in [5.41, 5.74) is 0. The lowest BCUT2D eigenvalue weighted by molar-refractivity contribution is -0.142. The third-order valence-corrected chi connectivity index (χ3v) is 6.91. The molecule has 4 aliphatic carbocycles. The Balaban J connectivity index is 1.37. The van der Waals surface area contributed by atoms with Gasteiger partial charge in [-0.25, -0.2) is 0 Å². The Bertz CT molecular complexity index is 468. The van der Waals surface area contributed by atoms with E-state index in [9.17, 15) is 4.79 Å². The molecule has 1 saturated heterocycles. The summed E-state index contributed by atoms with van der Waals surface area (Å²) in [6.45, 7) is 3.08. The zero-order valence-corrected chi connectivity index (χ0v) is 11.9. The van der Waals surface area contributed by atoms with Crippen LogP contribution in [0.3, 0.4) is 0 Å². The minimum atomic E-state index is 0.340. The fraction of sp³-hybridized carbons (Fsp3) is 0.824. The van der Waals surface area contributed by atoms with Crippen LogP contribution in [0.2, 0.25) is 0 Å². The van der Waals surface area contributed by atoms with E-state index in [1.165, 1.54) is 19.3 Å². The lowest BCUT2D eigenvalue weighted by Gasteiger charge is -2.38. The highest BCUT2D eigenvalue weighted by Crippen LogP contribution is 2.67. The van der Waals surface area contributed by atoms with E-state index in [0.29, 0.717) is 17.7 Å². The van der Waals surface area contributed by atoms with Crippen molar-refractivity contribution < 1.29 is 9.53 Å². The first-order valence-electron chi connectivity index (χ1n) is 8.38. The van der Waals surface area contributed by atoms with Crippen molar-refractivity contribution in [1.82, 2.24) is 4.90 Å². The van der Waals surface area contributed by atoms with Crippen LogP contribution in [0.5, 0.6) is 0 Å². The smallest absolute Gasteiger partial charge is 0.226 e. The van der Waals surface area contributed by atoms with Crippen LogP contribution in [0.1, 0.15) is 19.3 Å². The molecular weight excluding hydrogens is 250 g/mol. The lowest BCUT2D eigenvalue weighted by Crippen LogP contribution is -2.46. The number of rotatable bonds is 1. The van der Waals surface area contributed by atoms with Gasteiger partial charge in [0.25, 0.3) is 0 Å². The van der Waals surface area contributed by atoms with Gasteiger partial charge in [0.2, 0.25) is 5.91 Å². The number of carbonyl (C=O) groups is 1. The predicted octanol–water partition coefficient (Wildman–Crippen LogP) is 1.94. The molecule has 7 atom stereocenters. The van der Waals surface area contributed by atoms with Crippen molar-refractivity contribution in [3.63, 3.8) is 0 Å². The van der Waals surface area contributed by atoms with Crippen LogP contribution in [0.4, 0.5) is 0 Å². The second-order valence-corrected chi connectivity index (χ2v) is 7.54. The third-order valence-electron chi connectivity index (χ3n) is 6.91. The van der Waals surface area contributed by atoms with Crippen LogP contribution in [0.25, 0.3) is 0 Å². The van der Waals surface area contributed by atoms with Gasteiger partial charge >= 0.3 is 0 Å². The van der Waals surface area contributed by atoms with Crippen molar-refractivity contribution in [2.24, 2.45) is 41.4 Å². The largest absolute Gasteiger partial charge is 0.378 e. The molecule has 3 saturated carbocycles. The molecule has 0 radical (unpaired) electrons. The van der Waals surface area contributed by atoms with Crippen LogP contribution in [0.15, 0.2) is 12.2 Å². The van der Waals surface area contributed by atoms with E-state index >= 15 is 0 Å². The molecule has 1 aliphatic heterocycles. The number of hydrogen-bond donors (Lipinski definition) is 0. The molecule has 4 bridgehead atoms. The molecule has 3 heteroatoms. The Kier molecular flexibility index (Phi) is 2.41. The van der Waals surface area contributed by atoms with Crippen LogP contribution in [-0.2, 0) is 9.53 Å². The molecular formula is C17H23NO2. The summed E-state index contributed by atoms with van der Waals surface area (Å²) in [4.78, 5) is 14.9. The van der Waals surface area contributed by atoms with E-state index in [0.717, 1.165) is 55.9 Å². The summed E-state index contributed by atoms with van der Waals surface area (Å²) < 4.78 is 5.38. The summed E-state index contributed by atoms with van der Waals surface area (Å²) in [7, 11) is 0. The number of ether oxygens (including phenoxy) is 1. The topological polar surface area (TPSA) is 29.5 Å². The highest BCUT2D eigenvalue weighted by molar-refractivity contribution is 5.80. The fourth-order valence-electron chi connectivity index (χ4n) is 6.32. The van der Waals surface area contributed by atoms with Crippen LogP contribution < -0.4 is 0 Å². The Morgan fingerprint density at radius 1 is 1.00 bits per heavy atom. The maximum atomic E-state index is 12.8. The van der Waals surface area contributed by atoms with Gasteiger partial charge in [0.15, 0.2) is 0 Å². The van der Waals surface area contributed by atoms with Gasteiger partial charge in [0.05, 0.1) is 13.2 Å². The molecule has 0 aromatic heterocycles. The van der Waals surface area contributed by atoms with Gasteiger partial charge in [0, 0.05) is 19.0 Å². The van der Waals surface area contributed by atoms with E-state index in [4.69, 9.17) is 4.74 Å². The molecule has 0 aromatic rings. The summed E-state index contributed by atoms with van der Waals surface area (Å²) in [5, 5.41) is 0. The molecule has 1 heterocycles. The first kappa shape index (κ1) is 11.8. The zero-order valence-electron chi connectivity index (χ0n) is 11.9. The number of carbonyl (C=O) groups excluding carboxylic acids is 1. The summed E-state index contributed by atoms with van der Waals surface area (Å²) in [6, 6.07) is 0. The van der Waals surface area contributed by atoms with Gasteiger partial charge in [-0.05, 0) is 54.8 Å². The van der Waals surface area contributed by atoms with Gasteiger partial charge in [0.1, 0.15) is 0 Å². The first-order valence-corrected chi connectivity index (χ1v) is 8.38. The summed E-state index contributed by atoms with van der Waals surface area (Å²) in [6.07, 6.45) is 8.85.